The molecule has 0 unspecified atom stereocenters. The van der Waals surface area contributed by atoms with Gasteiger partial charge in [0.05, 0.1) is 0 Å². The van der Waals surface area contributed by atoms with Crippen molar-refractivity contribution >= 4 is 29.1 Å². The molecule has 0 atom stereocenters. The number of carboxylic acid groups (broad SMARTS) is 1. The summed E-state index contributed by atoms with van der Waals surface area (Å²) in [5, 5.41) is 18.7. The molecule has 0 amide bonds. The van der Waals surface area contributed by atoms with Crippen molar-refractivity contribution in [3.05, 3.63) is 143 Å². The van der Waals surface area contributed by atoms with Crippen LogP contribution in [0, 0.1) is 11.3 Å². The Labute approximate surface area is 354 Å². The molecule has 59 heavy (non-hydrogen) atoms. The van der Waals surface area contributed by atoms with E-state index in [1.54, 1.807) is 6.07 Å². The predicted molar refractivity (Wildman–Crippen MR) is 249 cm³/mol. The maximum absolute atomic E-state index is 11.5. The number of hydrogen-bond acceptors (Lipinski definition) is 3. The first-order valence-electron chi connectivity index (χ1n) is 22.6. The highest BCUT2D eigenvalue weighted by Crippen LogP contribution is 2.56. The Balaban J connectivity index is 1.48. The van der Waals surface area contributed by atoms with Crippen LogP contribution in [-0.4, -0.2) is 11.1 Å². The van der Waals surface area contributed by atoms with Gasteiger partial charge in [-0.3, -0.25) is 0 Å². The number of nitriles is 1. The normalized spacial score (nSPS) is 12.8. The average molecular weight is 785 g/mol. The fourth-order valence-electron chi connectivity index (χ4n) is 9.09. The van der Waals surface area contributed by atoms with Crippen molar-refractivity contribution in [1.29, 1.82) is 5.26 Å². The standard InChI is InChI=1S/C55H64N2O2/c1-5-9-13-15-35-55(36-16-14-10-6-2)52-38-45(44-25-19-43(20-26-44)37-46(40-56)54(58)59)27-33-50(52)51-34-32-49(39-53(51)55)57(47-28-21-41(22-29-47)17-11-7-3)48-30-23-42(24-31-48)18-12-8-4/h19-34,37-39H,5-18,35-36H2,1-4H3,(H,58,59)/b46-37-. The molecule has 0 aromatic heterocycles. The third-order valence-corrected chi connectivity index (χ3v) is 12.4. The van der Waals surface area contributed by atoms with Crippen molar-refractivity contribution in [2.75, 3.05) is 4.90 Å². The van der Waals surface area contributed by atoms with Gasteiger partial charge in [0.2, 0.25) is 0 Å². The first kappa shape index (κ1) is 43.2. The van der Waals surface area contributed by atoms with E-state index in [1.165, 1.54) is 134 Å². The van der Waals surface area contributed by atoms with Gasteiger partial charge in [0, 0.05) is 22.5 Å². The number of aliphatic carboxylic acids is 1. The molecule has 306 valence electrons. The molecule has 4 nitrogen and oxygen atoms in total. The van der Waals surface area contributed by atoms with E-state index in [1.807, 2.05) is 24.3 Å². The number of carbonyl (C=O) groups is 1. The van der Waals surface area contributed by atoms with E-state index >= 15 is 0 Å². The van der Waals surface area contributed by atoms with Crippen molar-refractivity contribution in [3.8, 4) is 28.3 Å². The van der Waals surface area contributed by atoms with Crippen molar-refractivity contribution in [2.45, 2.75) is 136 Å². The topological polar surface area (TPSA) is 64.3 Å². The first-order chi connectivity index (χ1) is 28.8. The Kier molecular flexibility index (Phi) is 15.4. The zero-order chi connectivity index (χ0) is 41.6. The van der Waals surface area contributed by atoms with Crippen molar-refractivity contribution in [1.82, 2.24) is 0 Å². The molecule has 4 heteroatoms. The molecule has 5 aromatic rings. The SMILES string of the molecule is CCCCCCC1(CCCCCC)c2cc(-c3ccc(/C=C(/C#N)C(=O)O)cc3)ccc2-c2ccc(N(c3ccc(CCCC)cc3)c3ccc(CCCC)cc3)cc21. The number of nitrogens with zero attached hydrogens (tertiary/aromatic N) is 2. The van der Waals surface area contributed by atoms with Crippen LogP contribution in [0.1, 0.15) is 145 Å². The van der Waals surface area contributed by atoms with E-state index < -0.39 is 5.97 Å². The molecule has 0 aliphatic heterocycles. The lowest BCUT2D eigenvalue weighted by Crippen LogP contribution is -2.26. The number of anilines is 3. The van der Waals surface area contributed by atoms with Gasteiger partial charge < -0.3 is 10.0 Å². The van der Waals surface area contributed by atoms with Gasteiger partial charge in [-0.05, 0) is 137 Å². The van der Waals surface area contributed by atoms with Crippen molar-refractivity contribution < 1.29 is 9.90 Å². The lowest BCUT2D eigenvalue weighted by atomic mass is 9.70. The highest BCUT2D eigenvalue weighted by atomic mass is 16.4. The van der Waals surface area contributed by atoms with Gasteiger partial charge in [-0.25, -0.2) is 4.79 Å². The quantitative estimate of drug-likeness (QED) is 0.0431. The fraction of sp³-hybridized carbons (Fsp3) is 0.382. The zero-order valence-corrected chi connectivity index (χ0v) is 36.0. The van der Waals surface area contributed by atoms with Gasteiger partial charge in [-0.2, -0.15) is 5.26 Å². The number of hydrogen-bond donors (Lipinski definition) is 1. The third kappa shape index (κ3) is 10.3. The molecule has 0 saturated carbocycles. The Morgan fingerprint density at radius 2 is 1.05 bits per heavy atom. The molecule has 0 radical (unpaired) electrons. The number of aryl methyl sites for hydroxylation is 2. The van der Waals surface area contributed by atoms with Gasteiger partial charge in [-0.15, -0.1) is 0 Å². The lowest BCUT2D eigenvalue weighted by molar-refractivity contribution is -0.132. The summed E-state index contributed by atoms with van der Waals surface area (Å²) in [6.45, 7) is 9.11. The zero-order valence-electron chi connectivity index (χ0n) is 36.0. The van der Waals surface area contributed by atoms with Gasteiger partial charge in [0.1, 0.15) is 11.6 Å². The number of rotatable bonds is 22. The second kappa shape index (κ2) is 21.0. The van der Waals surface area contributed by atoms with Gasteiger partial charge >= 0.3 is 5.97 Å². The number of carboxylic acids is 1. The molecule has 1 N–H and O–H groups in total. The highest BCUT2D eigenvalue weighted by Gasteiger charge is 2.43. The minimum absolute atomic E-state index is 0.121. The predicted octanol–water partition coefficient (Wildman–Crippen LogP) is 15.7. The minimum Gasteiger partial charge on any atom is -0.477 e. The van der Waals surface area contributed by atoms with Gasteiger partial charge in [-0.1, -0.05) is 159 Å². The Morgan fingerprint density at radius 1 is 0.576 bits per heavy atom. The second-order valence-corrected chi connectivity index (χ2v) is 16.7. The van der Waals surface area contributed by atoms with Crippen molar-refractivity contribution in [2.24, 2.45) is 0 Å². The molecule has 0 saturated heterocycles. The molecule has 0 heterocycles. The van der Waals surface area contributed by atoms with E-state index in [0.717, 1.165) is 36.8 Å². The molecule has 1 aliphatic rings. The van der Waals surface area contributed by atoms with Crippen molar-refractivity contribution in [3.63, 3.8) is 0 Å². The van der Waals surface area contributed by atoms with Gasteiger partial charge in [0.25, 0.3) is 0 Å². The van der Waals surface area contributed by atoms with E-state index in [4.69, 9.17) is 0 Å². The van der Waals surface area contributed by atoms with E-state index in [9.17, 15) is 15.2 Å². The number of fused-ring (bicyclic) bond motifs is 3. The molecule has 1 aliphatic carbocycles. The molecule has 0 fully saturated rings. The summed E-state index contributed by atoms with van der Waals surface area (Å²) >= 11 is 0. The smallest absolute Gasteiger partial charge is 0.346 e. The maximum Gasteiger partial charge on any atom is 0.346 e. The summed E-state index contributed by atoms with van der Waals surface area (Å²) in [6.07, 6.45) is 20.4. The maximum atomic E-state index is 11.5. The number of unbranched alkanes of at least 4 members (excludes halogenated alkanes) is 8. The molecular weight excluding hydrogens is 721 g/mol. The summed E-state index contributed by atoms with van der Waals surface area (Å²) < 4.78 is 0. The third-order valence-electron chi connectivity index (χ3n) is 12.4. The van der Waals surface area contributed by atoms with Crippen LogP contribution in [0.25, 0.3) is 28.3 Å². The van der Waals surface area contributed by atoms with Crippen LogP contribution in [0.5, 0.6) is 0 Å². The van der Waals surface area contributed by atoms with Crippen LogP contribution >= 0.6 is 0 Å². The highest BCUT2D eigenvalue weighted by molar-refractivity contribution is 5.96. The average Bonchev–Trinajstić information content (AvgIpc) is 3.53. The Bertz CT molecular complexity index is 2140. The largest absolute Gasteiger partial charge is 0.477 e. The summed E-state index contributed by atoms with van der Waals surface area (Å²) in [7, 11) is 0. The molecule has 0 spiro atoms. The monoisotopic (exact) mass is 784 g/mol. The lowest BCUT2D eigenvalue weighted by Gasteiger charge is -2.34. The van der Waals surface area contributed by atoms with Crippen LogP contribution in [0.15, 0.2) is 115 Å². The first-order valence-corrected chi connectivity index (χ1v) is 22.6. The van der Waals surface area contributed by atoms with Crippen LogP contribution in [0.2, 0.25) is 0 Å². The van der Waals surface area contributed by atoms with Crippen LogP contribution in [-0.2, 0) is 23.1 Å². The minimum atomic E-state index is -1.21. The summed E-state index contributed by atoms with van der Waals surface area (Å²) in [6, 6.07) is 42.6. The van der Waals surface area contributed by atoms with E-state index in [2.05, 4.69) is 118 Å². The van der Waals surface area contributed by atoms with E-state index in [0.29, 0.717) is 5.56 Å². The summed E-state index contributed by atoms with van der Waals surface area (Å²) in [5.74, 6) is -1.21. The Hall–Kier alpha value is -5.40. The molecular formula is C55H64N2O2. The fourth-order valence-corrected chi connectivity index (χ4v) is 9.09. The molecule has 6 rings (SSSR count). The molecule has 0 bridgehead atoms. The summed E-state index contributed by atoms with van der Waals surface area (Å²) in [4.78, 5) is 14.0. The van der Waals surface area contributed by atoms with Gasteiger partial charge in [0.15, 0.2) is 0 Å². The molecule has 5 aromatic carbocycles. The number of benzene rings is 5. The summed E-state index contributed by atoms with van der Waals surface area (Å²) in [5.41, 5.74) is 14.5. The van der Waals surface area contributed by atoms with Crippen LogP contribution in [0.3, 0.4) is 0 Å². The Morgan fingerprint density at radius 3 is 1.54 bits per heavy atom. The van der Waals surface area contributed by atoms with Crippen LogP contribution < -0.4 is 4.90 Å². The van der Waals surface area contributed by atoms with E-state index in [-0.39, 0.29) is 11.0 Å². The van der Waals surface area contributed by atoms with Crippen LogP contribution in [0.4, 0.5) is 17.1 Å². The second-order valence-electron chi connectivity index (χ2n) is 16.7.